The molecule has 0 N–H and O–H groups in total. The Kier molecular flexibility index (Phi) is 9.34. The van der Waals surface area contributed by atoms with Crippen molar-refractivity contribution < 1.29 is 0 Å². The first-order valence-corrected chi connectivity index (χ1v) is 16.5. The van der Waals surface area contributed by atoms with Gasteiger partial charge in [0, 0.05) is 0 Å². The van der Waals surface area contributed by atoms with Crippen LogP contribution in [0.5, 0.6) is 0 Å². The summed E-state index contributed by atoms with van der Waals surface area (Å²) < 4.78 is 5.57. The minimum absolute atomic E-state index is 0.0395. The van der Waals surface area contributed by atoms with E-state index >= 15 is 0 Å². The molecule has 5 heteroatoms. The Morgan fingerprint density at radius 2 is 0.824 bits per heavy atom. The van der Waals surface area contributed by atoms with Crippen LogP contribution in [0.2, 0.25) is 0 Å². The van der Waals surface area contributed by atoms with Gasteiger partial charge in [-0.05, 0) is 0 Å². The van der Waals surface area contributed by atoms with Gasteiger partial charge in [-0.3, -0.25) is 0 Å². The fourth-order valence-corrected chi connectivity index (χ4v) is 22.3. The molecule has 0 rings (SSSR count). The second-order valence-electron chi connectivity index (χ2n) is 5.87. The predicted molar refractivity (Wildman–Crippen MR) is 87.1 cm³/mol. The Labute approximate surface area is 119 Å². The molecule has 0 aliphatic rings. The summed E-state index contributed by atoms with van der Waals surface area (Å²) in [6, 6.07) is 3.02. The first-order valence-electron chi connectivity index (χ1n) is 6.86. The van der Waals surface area contributed by atoms with Crippen LogP contribution in [0.4, 0.5) is 0 Å². The van der Waals surface area contributed by atoms with Gasteiger partial charge in [0.25, 0.3) is 0 Å². The molecule has 0 atom stereocenters. The summed E-state index contributed by atoms with van der Waals surface area (Å²) in [6.45, 7) is 18.8. The normalized spacial score (nSPS) is 14.5. The maximum atomic E-state index is 2.78. The topological polar surface area (TPSA) is 6.48 Å². The van der Waals surface area contributed by atoms with Gasteiger partial charge in [0.2, 0.25) is 0 Å². The first kappa shape index (κ1) is 17.9. The molecule has 17 heavy (non-hydrogen) atoms. The molecule has 0 fully saturated rings. The third-order valence-electron chi connectivity index (χ3n) is 3.13. The van der Waals surface area contributed by atoms with E-state index in [1.165, 1.54) is 0 Å². The Balaban J connectivity index is 4.10. The van der Waals surface area contributed by atoms with Crippen molar-refractivity contribution in [3.05, 3.63) is 0 Å². The van der Waals surface area contributed by atoms with E-state index in [1.807, 2.05) is 0 Å². The van der Waals surface area contributed by atoms with Crippen molar-refractivity contribution in [3.63, 3.8) is 0 Å². The minimum atomic E-state index is 0.0395. The van der Waals surface area contributed by atoms with Crippen molar-refractivity contribution in [2.75, 3.05) is 0 Å². The van der Waals surface area contributed by atoms with Crippen LogP contribution >= 0.6 is 0 Å². The molecule has 2 nitrogen and oxygen atoms in total. The van der Waals surface area contributed by atoms with Crippen LogP contribution < -0.4 is 0 Å². The zero-order valence-electron chi connectivity index (χ0n) is 13.0. The molecule has 0 aromatic carbocycles. The van der Waals surface area contributed by atoms with Crippen molar-refractivity contribution in [2.45, 2.75) is 79.6 Å². The van der Waals surface area contributed by atoms with Gasteiger partial charge in [0.05, 0.1) is 0 Å². The molecule has 0 aliphatic carbocycles. The van der Waals surface area contributed by atoms with Gasteiger partial charge in [-0.25, -0.2) is 0 Å². The standard InChI is InChI=1S/C12H32N2SeSi2/c1-9(2)13(10(3)4)16-15-17-14(11(5)6)12(7)8/h9-12H,16-17H2,1-8H3. The van der Waals surface area contributed by atoms with Crippen LogP contribution in [-0.4, -0.2) is 63.5 Å². The summed E-state index contributed by atoms with van der Waals surface area (Å²) in [5.74, 6) is 0. The van der Waals surface area contributed by atoms with Gasteiger partial charge in [-0.1, -0.05) is 0 Å². The molecule has 0 bridgehead atoms. The van der Waals surface area contributed by atoms with Gasteiger partial charge >= 0.3 is 119 Å². The van der Waals surface area contributed by atoms with Crippen LogP contribution in [0.3, 0.4) is 0 Å². The maximum absolute atomic E-state index is 2.78. The number of hydrogen-bond donors (Lipinski definition) is 0. The SMILES string of the molecule is CC(C)N([SiH2][Se][SiH2]N(C(C)C)C(C)C)C(C)C. The van der Waals surface area contributed by atoms with Crippen LogP contribution in [0.1, 0.15) is 55.4 Å². The van der Waals surface area contributed by atoms with Gasteiger partial charge in [0.1, 0.15) is 0 Å². The van der Waals surface area contributed by atoms with Crippen molar-refractivity contribution in [1.82, 2.24) is 9.13 Å². The van der Waals surface area contributed by atoms with E-state index in [1.54, 1.807) is 0 Å². The molecule has 0 heterocycles. The molecular formula is C12H32N2SeSi2. The van der Waals surface area contributed by atoms with Gasteiger partial charge < -0.3 is 0 Å². The molecule has 0 saturated carbocycles. The van der Waals surface area contributed by atoms with Crippen molar-refractivity contribution in [1.29, 1.82) is 0 Å². The molecule has 0 radical (unpaired) electrons. The van der Waals surface area contributed by atoms with Crippen molar-refractivity contribution in [3.8, 4) is 0 Å². The number of hydrogen-bond acceptors (Lipinski definition) is 2. The monoisotopic (exact) mass is 340 g/mol. The van der Waals surface area contributed by atoms with Crippen molar-refractivity contribution in [2.24, 2.45) is 0 Å². The van der Waals surface area contributed by atoms with E-state index in [9.17, 15) is 0 Å². The van der Waals surface area contributed by atoms with Gasteiger partial charge in [-0.15, -0.1) is 0 Å². The van der Waals surface area contributed by atoms with E-state index in [-0.39, 0.29) is 16.6 Å². The molecule has 0 unspecified atom stereocenters. The summed E-state index contributed by atoms with van der Waals surface area (Å²) in [7, 11) is 0.0790. The fraction of sp³-hybridized carbons (Fsp3) is 1.00. The zero-order chi connectivity index (χ0) is 13.6. The molecule has 0 aromatic rings. The van der Waals surface area contributed by atoms with E-state index in [0.29, 0.717) is 0 Å². The van der Waals surface area contributed by atoms with Crippen LogP contribution in [0, 0.1) is 0 Å². The molecule has 0 aromatic heterocycles. The Bertz CT molecular complexity index is 163. The second kappa shape index (κ2) is 8.89. The molecule has 0 spiro atoms. The van der Waals surface area contributed by atoms with E-state index in [4.69, 9.17) is 0 Å². The second-order valence-corrected chi connectivity index (χ2v) is 20.4. The fourth-order valence-electron chi connectivity index (χ4n) is 2.04. The third-order valence-corrected chi connectivity index (χ3v) is 18.8. The van der Waals surface area contributed by atoms with Gasteiger partial charge in [-0.2, -0.15) is 0 Å². The van der Waals surface area contributed by atoms with E-state index in [0.717, 1.165) is 37.8 Å². The number of nitrogens with zero attached hydrogens (tertiary/aromatic N) is 2. The summed E-state index contributed by atoms with van der Waals surface area (Å²) in [6.07, 6.45) is 0. The Morgan fingerprint density at radius 1 is 0.588 bits per heavy atom. The van der Waals surface area contributed by atoms with Crippen LogP contribution in [0.15, 0.2) is 0 Å². The molecule has 0 amide bonds. The Hall–Kier alpha value is 0.873. The summed E-state index contributed by atoms with van der Waals surface area (Å²) >= 11 is 0.975. The molecular weight excluding hydrogens is 307 g/mol. The Morgan fingerprint density at radius 3 is 1.00 bits per heavy atom. The molecule has 0 aliphatic heterocycles. The summed E-state index contributed by atoms with van der Waals surface area (Å²) in [5.41, 5.74) is 0. The summed E-state index contributed by atoms with van der Waals surface area (Å²) in [4.78, 5) is 0. The zero-order valence-corrected chi connectivity index (χ0v) is 17.6. The quantitative estimate of drug-likeness (QED) is 0.607. The van der Waals surface area contributed by atoms with Gasteiger partial charge in [0.15, 0.2) is 0 Å². The van der Waals surface area contributed by atoms with Crippen LogP contribution in [-0.2, 0) is 0 Å². The van der Waals surface area contributed by atoms with E-state index in [2.05, 4.69) is 64.5 Å². The van der Waals surface area contributed by atoms with E-state index < -0.39 is 0 Å². The molecule has 0 saturated heterocycles. The number of rotatable bonds is 8. The predicted octanol–water partition coefficient (Wildman–Crippen LogP) is 0.926. The average molecular weight is 340 g/mol. The van der Waals surface area contributed by atoms with Crippen LogP contribution in [0.25, 0.3) is 0 Å². The van der Waals surface area contributed by atoms with Crippen molar-refractivity contribution >= 4 is 30.3 Å². The molecule has 104 valence electrons. The first-order chi connectivity index (χ1) is 7.77. The third kappa shape index (κ3) is 7.13. The summed E-state index contributed by atoms with van der Waals surface area (Å²) in [5, 5.41) is 0. The average Bonchev–Trinajstić information content (AvgIpc) is 2.14.